The number of anilines is 1. The summed E-state index contributed by atoms with van der Waals surface area (Å²) in [6.07, 6.45) is 3.70. The zero-order valence-electron chi connectivity index (χ0n) is 25.2. The molecule has 0 unspecified atom stereocenters. The lowest BCUT2D eigenvalue weighted by molar-refractivity contribution is -0.112. The van der Waals surface area contributed by atoms with Crippen LogP contribution in [-0.2, 0) is 9.59 Å². The van der Waals surface area contributed by atoms with Crippen molar-refractivity contribution in [1.29, 1.82) is 0 Å². The smallest absolute Gasteiger partial charge is 0.259 e. The number of aliphatic imine (C=N–C) groups is 1. The van der Waals surface area contributed by atoms with Gasteiger partial charge in [-0.1, -0.05) is 81.3 Å². The maximum Gasteiger partial charge on any atom is 0.259 e. The highest BCUT2D eigenvalue weighted by atomic mass is 16.1. The van der Waals surface area contributed by atoms with Crippen molar-refractivity contribution in [1.82, 2.24) is 4.90 Å². The van der Waals surface area contributed by atoms with Crippen LogP contribution in [0.15, 0.2) is 90.1 Å². The maximum atomic E-state index is 12.8. The second kappa shape index (κ2) is 23.4. The van der Waals surface area contributed by atoms with Gasteiger partial charge in [0.25, 0.3) is 5.91 Å². The quantitative estimate of drug-likeness (QED) is 0.144. The maximum absolute atomic E-state index is 12.8. The normalized spacial score (nSPS) is 11.5. The average molecular weight is 535 g/mol. The number of carbonyl (C=O) groups excluding carboxylic acids is 2. The third-order valence-corrected chi connectivity index (χ3v) is 5.81. The van der Waals surface area contributed by atoms with Crippen molar-refractivity contribution >= 4 is 29.8 Å². The Morgan fingerprint density at radius 2 is 1.49 bits per heavy atom. The summed E-state index contributed by atoms with van der Waals surface area (Å²) < 4.78 is 0. The minimum Gasteiger partial charge on any atom is -0.383 e. The van der Waals surface area contributed by atoms with Gasteiger partial charge in [-0.3, -0.25) is 4.79 Å². The molecule has 0 aliphatic rings. The Morgan fingerprint density at radius 1 is 0.949 bits per heavy atom. The van der Waals surface area contributed by atoms with Gasteiger partial charge < -0.3 is 20.7 Å². The van der Waals surface area contributed by atoms with Crippen LogP contribution in [0.25, 0.3) is 5.57 Å². The van der Waals surface area contributed by atoms with Crippen LogP contribution in [0.3, 0.4) is 0 Å². The summed E-state index contributed by atoms with van der Waals surface area (Å²) in [5.41, 5.74) is 11.5. The first-order valence-corrected chi connectivity index (χ1v) is 13.4. The molecule has 0 spiro atoms. The summed E-state index contributed by atoms with van der Waals surface area (Å²) in [5, 5.41) is 2.89. The van der Waals surface area contributed by atoms with E-state index < -0.39 is 0 Å². The van der Waals surface area contributed by atoms with E-state index in [1.807, 2.05) is 70.0 Å². The van der Waals surface area contributed by atoms with Gasteiger partial charge in [-0.2, -0.15) is 0 Å². The minimum absolute atomic E-state index is 0.217. The van der Waals surface area contributed by atoms with Crippen LogP contribution in [0.1, 0.15) is 65.5 Å². The van der Waals surface area contributed by atoms with Gasteiger partial charge in [0.2, 0.25) is 0 Å². The van der Waals surface area contributed by atoms with E-state index in [1.165, 1.54) is 31.6 Å². The molecular weight excluding hydrogens is 484 g/mol. The predicted octanol–water partition coefficient (Wildman–Crippen LogP) is 7.43. The number of hydrogen-bond donors (Lipinski definition) is 2. The summed E-state index contributed by atoms with van der Waals surface area (Å²) in [6, 6.07) is 17.5. The van der Waals surface area contributed by atoms with Crippen LogP contribution in [0, 0.1) is 6.92 Å². The molecule has 0 aliphatic carbocycles. The van der Waals surface area contributed by atoms with Gasteiger partial charge in [0, 0.05) is 11.9 Å². The number of amidine groups is 1. The number of benzene rings is 2. The molecule has 0 saturated heterocycles. The number of para-hydroxylation sites is 1. The number of nitrogens with zero attached hydrogens (tertiary/aromatic N) is 2. The van der Waals surface area contributed by atoms with E-state index in [9.17, 15) is 4.79 Å². The molecule has 39 heavy (non-hydrogen) atoms. The second-order valence-electron chi connectivity index (χ2n) is 8.55. The SMILES string of the molecule is C=C.C=O.CC/C(C)=C(C(=O)Nc1ccccc1)/C(N)=N/C=C(\C)c1ccc(C)cc1.CCCN(CC)CC. The number of hydrogen-bond acceptors (Lipinski definition) is 4. The van der Waals surface area contributed by atoms with Crippen LogP contribution in [-0.4, -0.2) is 43.1 Å². The Bertz CT molecular complexity index is 1020. The molecular formula is C33H50N4O2. The summed E-state index contributed by atoms with van der Waals surface area (Å²) in [6.45, 7) is 26.2. The minimum atomic E-state index is -0.247. The number of amides is 1. The van der Waals surface area contributed by atoms with Crippen molar-refractivity contribution in [3.8, 4) is 0 Å². The second-order valence-corrected chi connectivity index (χ2v) is 8.55. The number of carbonyl (C=O) groups is 2. The van der Waals surface area contributed by atoms with Crippen LogP contribution in [0.4, 0.5) is 5.69 Å². The average Bonchev–Trinajstić information content (AvgIpc) is 2.98. The first-order valence-electron chi connectivity index (χ1n) is 13.4. The third kappa shape index (κ3) is 15.3. The topological polar surface area (TPSA) is 87.8 Å². The highest BCUT2D eigenvalue weighted by Gasteiger charge is 2.16. The number of allylic oxidation sites excluding steroid dienone is 2. The number of nitrogens with one attached hydrogen (secondary N) is 1. The summed E-state index contributed by atoms with van der Waals surface area (Å²) >= 11 is 0. The third-order valence-electron chi connectivity index (χ3n) is 5.81. The van der Waals surface area contributed by atoms with Crippen LogP contribution < -0.4 is 11.1 Å². The lowest BCUT2D eigenvalue weighted by Crippen LogP contribution is -2.27. The fourth-order valence-corrected chi connectivity index (χ4v) is 3.40. The number of rotatable bonds is 10. The molecule has 0 aromatic heterocycles. The lowest BCUT2D eigenvalue weighted by Gasteiger charge is -2.15. The van der Waals surface area contributed by atoms with Crippen LogP contribution in [0.2, 0.25) is 0 Å². The highest BCUT2D eigenvalue weighted by molar-refractivity contribution is 6.24. The Morgan fingerprint density at radius 3 is 1.92 bits per heavy atom. The van der Waals surface area contributed by atoms with Crippen molar-refractivity contribution in [2.75, 3.05) is 25.0 Å². The zero-order chi connectivity index (χ0) is 30.2. The van der Waals surface area contributed by atoms with Gasteiger partial charge in [0.1, 0.15) is 12.6 Å². The Hall–Kier alpha value is -3.77. The van der Waals surface area contributed by atoms with Gasteiger partial charge >= 0.3 is 0 Å². The Kier molecular flexibility index (Phi) is 22.4. The summed E-state index contributed by atoms with van der Waals surface area (Å²) in [4.78, 5) is 27.6. The van der Waals surface area contributed by atoms with E-state index in [-0.39, 0.29) is 11.7 Å². The van der Waals surface area contributed by atoms with Crippen molar-refractivity contribution in [2.45, 2.75) is 61.3 Å². The molecule has 2 rings (SSSR count). The first-order chi connectivity index (χ1) is 18.8. The van der Waals surface area contributed by atoms with Gasteiger partial charge in [-0.15, -0.1) is 13.2 Å². The molecule has 6 heteroatoms. The fourth-order valence-electron chi connectivity index (χ4n) is 3.40. The Labute approximate surface area is 237 Å². The molecule has 214 valence electrons. The standard InChI is InChI=1S/C23H27N3O.C7H17N.C2H4.CH2O/c1-5-17(3)21(23(27)26-20-9-7-6-8-10-20)22(24)25-15-18(4)19-13-11-16(2)12-14-19;1-4-7-8(5-2)6-3;2*1-2/h6-15H,5H2,1-4H3,(H2,24,25)(H,26,27);4-7H2,1-3H3;1-2H2;1H2/b18-15+,21-17-;;;. The molecule has 1 amide bonds. The van der Waals surface area contributed by atoms with E-state index in [0.717, 1.165) is 22.4 Å². The van der Waals surface area contributed by atoms with Crippen LogP contribution >= 0.6 is 0 Å². The fraction of sp³-hybridized carbons (Fsp3) is 0.364. The predicted molar refractivity (Wildman–Crippen MR) is 171 cm³/mol. The first kappa shape index (κ1) is 37.4. The molecule has 0 saturated carbocycles. The van der Waals surface area contributed by atoms with Gasteiger partial charge in [-0.05, 0) is 76.5 Å². The largest absolute Gasteiger partial charge is 0.383 e. The molecule has 0 atom stereocenters. The molecule has 0 aliphatic heterocycles. The molecule has 2 aromatic carbocycles. The molecule has 6 nitrogen and oxygen atoms in total. The molecule has 2 aromatic rings. The van der Waals surface area contributed by atoms with E-state index in [0.29, 0.717) is 12.0 Å². The van der Waals surface area contributed by atoms with Gasteiger partial charge in [0.05, 0.1) is 5.57 Å². The van der Waals surface area contributed by atoms with E-state index in [2.05, 4.69) is 68.2 Å². The number of aryl methyl sites for hydroxylation is 1. The summed E-state index contributed by atoms with van der Waals surface area (Å²) in [7, 11) is 0. The van der Waals surface area contributed by atoms with Crippen molar-refractivity contribution in [3.63, 3.8) is 0 Å². The van der Waals surface area contributed by atoms with Gasteiger partial charge in [-0.25, -0.2) is 4.99 Å². The monoisotopic (exact) mass is 534 g/mol. The molecule has 0 heterocycles. The van der Waals surface area contributed by atoms with Crippen molar-refractivity contribution < 1.29 is 9.59 Å². The van der Waals surface area contributed by atoms with Crippen molar-refractivity contribution in [3.05, 3.63) is 96.2 Å². The van der Waals surface area contributed by atoms with E-state index in [1.54, 1.807) is 6.20 Å². The van der Waals surface area contributed by atoms with Gasteiger partial charge in [0.15, 0.2) is 0 Å². The molecule has 0 bridgehead atoms. The summed E-state index contributed by atoms with van der Waals surface area (Å²) in [5.74, 6) is -0.0302. The Balaban J connectivity index is 0. The van der Waals surface area contributed by atoms with E-state index in [4.69, 9.17) is 10.5 Å². The molecule has 0 radical (unpaired) electrons. The lowest BCUT2D eigenvalue weighted by atomic mass is 10.1. The number of nitrogens with two attached hydrogens (primary N) is 1. The molecule has 3 N–H and O–H groups in total. The highest BCUT2D eigenvalue weighted by Crippen LogP contribution is 2.16. The molecule has 0 fully saturated rings. The van der Waals surface area contributed by atoms with Crippen LogP contribution in [0.5, 0.6) is 0 Å². The zero-order valence-corrected chi connectivity index (χ0v) is 25.2. The van der Waals surface area contributed by atoms with E-state index >= 15 is 0 Å². The van der Waals surface area contributed by atoms with Crippen molar-refractivity contribution in [2.24, 2.45) is 10.7 Å².